The minimum absolute atomic E-state index is 0.0675. The number of aryl methyl sites for hydroxylation is 1. The zero-order valence-electron chi connectivity index (χ0n) is 13.3. The summed E-state index contributed by atoms with van der Waals surface area (Å²) >= 11 is 0. The molecule has 1 atom stereocenters. The van der Waals surface area contributed by atoms with Crippen LogP contribution in [-0.2, 0) is 15.3 Å². The lowest BCUT2D eigenvalue weighted by Gasteiger charge is -2.33. The lowest BCUT2D eigenvalue weighted by Crippen LogP contribution is -2.56. The number of likely N-dealkylation sites (N-methyl/N-ethyl adjacent to an activating group) is 1. The third-order valence-electron chi connectivity index (χ3n) is 5.60. The number of nitrogens with zero attached hydrogens (tertiary/aromatic N) is 1. The minimum Gasteiger partial charge on any atom is -0.322 e. The van der Waals surface area contributed by atoms with Gasteiger partial charge in [0.1, 0.15) is 11.4 Å². The molecule has 2 aliphatic heterocycles. The quantitative estimate of drug-likeness (QED) is 0.769. The van der Waals surface area contributed by atoms with Crippen LogP contribution in [-0.4, -0.2) is 29.3 Å². The second kappa shape index (κ2) is 4.54. The molecule has 1 saturated carbocycles. The summed E-state index contributed by atoms with van der Waals surface area (Å²) in [4.78, 5) is 27.2. The van der Waals surface area contributed by atoms with E-state index in [2.05, 4.69) is 10.6 Å². The summed E-state index contributed by atoms with van der Waals surface area (Å²) in [6.07, 6.45) is 4.45. The molecule has 2 fully saturated rings. The Balaban J connectivity index is 1.89. The molecule has 1 aromatic carbocycles. The van der Waals surface area contributed by atoms with Gasteiger partial charge in [-0.15, -0.1) is 0 Å². The molecule has 2 heterocycles. The Hall–Kier alpha value is -1.95. The maximum atomic E-state index is 14.0. The first-order valence-electron chi connectivity index (χ1n) is 8.10. The second-order valence-corrected chi connectivity index (χ2v) is 6.94. The van der Waals surface area contributed by atoms with Crippen molar-refractivity contribution in [3.63, 3.8) is 0 Å². The summed E-state index contributed by atoms with van der Waals surface area (Å²) in [5.41, 5.74) is -0.213. The van der Waals surface area contributed by atoms with Crippen LogP contribution in [0, 0.1) is 12.7 Å². The van der Waals surface area contributed by atoms with E-state index >= 15 is 0 Å². The summed E-state index contributed by atoms with van der Waals surface area (Å²) < 4.78 is 14.0. The van der Waals surface area contributed by atoms with Crippen LogP contribution >= 0.6 is 0 Å². The molecule has 3 aliphatic rings. The summed E-state index contributed by atoms with van der Waals surface area (Å²) in [5, 5.41) is 6.18. The van der Waals surface area contributed by atoms with Gasteiger partial charge < -0.3 is 10.2 Å². The first kappa shape index (κ1) is 14.6. The van der Waals surface area contributed by atoms with E-state index in [4.69, 9.17) is 0 Å². The fourth-order valence-electron chi connectivity index (χ4n) is 4.43. The predicted octanol–water partition coefficient (Wildman–Crippen LogP) is 2.00. The normalized spacial score (nSPS) is 28.6. The molecule has 0 aromatic heterocycles. The minimum atomic E-state index is -1.30. The van der Waals surface area contributed by atoms with Gasteiger partial charge in [0.05, 0.1) is 5.69 Å². The Kier molecular flexibility index (Phi) is 2.89. The van der Waals surface area contributed by atoms with Gasteiger partial charge in [-0.1, -0.05) is 19.3 Å². The largest absolute Gasteiger partial charge is 0.322 e. The lowest BCUT2D eigenvalue weighted by molar-refractivity contribution is -0.139. The molecule has 5 nitrogen and oxygen atoms in total. The molecule has 2 N–H and O–H groups in total. The van der Waals surface area contributed by atoms with E-state index in [9.17, 15) is 14.0 Å². The highest BCUT2D eigenvalue weighted by Crippen LogP contribution is 2.48. The van der Waals surface area contributed by atoms with Crippen molar-refractivity contribution < 1.29 is 14.0 Å². The summed E-state index contributed by atoms with van der Waals surface area (Å²) in [6.45, 7) is 1.76. The molecule has 2 amide bonds. The van der Waals surface area contributed by atoms with Gasteiger partial charge in [-0.25, -0.2) is 4.39 Å². The van der Waals surface area contributed by atoms with E-state index in [1.165, 1.54) is 17.0 Å². The number of carbonyl (C=O) groups excluding carboxylic acids is 2. The molecule has 1 unspecified atom stereocenters. The summed E-state index contributed by atoms with van der Waals surface area (Å²) in [7, 11) is 1.63. The van der Waals surface area contributed by atoms with Gasteiger partial charge in [0.25, 0.3) is 5.91 Å². The molecule has 1 aliphatic carbocycles. The number of rotatable bonds is 0. The number of hydrogen-bond acceptors (Lipinski definition) is 3. The lowest BCUT2D eigenvalue weighted by atomic mass is 9.81. The van der Waals surface area contributed by atoms with E-state index in [1.54, 1.807) is 14.0 Å². The molecule has 0 bridgehead atoms. The van der Waals surface area contributed by atoms with Crippen LogP contribution in [0.1, 0.15) is 43.2 Å². The van der Waals surface area contributed by atoms with Crippen LogP contribution in [0.5, 0.6) is 0 Å². The summed E-state index contributed by atoms with van der Waals surface area (Å²) in [5.74, 6) is -0.772. The zero-order chi connectivity index (χ0) is 16.4. The molecule has 2 spiro atoms. The molecule has 0 radical (unpaired) electrons. The molecule has 1 aromatic rings. The fourth-order valence-corrected chi connectivity index (χ4v) is 4.43. The van der Waals surface area contributed by atoms with Crippen LogP contribution in [0.2, 0.25) is 0 Å². The van der Waals surface area contributed by atoms with Crippen molar-refractivity contribution >= 4 is 17.5 Å². The molecule has 1 saturated heterocycles. The maximum absolute atomic E-state index is 14.0. The Morgan fingerprint density at radius 1 is 1.17 bits per heavy atom. The van der Waals surface area contributed by atoms with Crippen LogP contribution in [0.15, 0.2) is 12.1 Å². The molecular weight excluding hydrogens is 297 g/mol. The van der Waals surface area contributed by atoms with Gasteiger partial charge in [0.2, 0.25) is 11.6 Å². The molecule has 23 heavy (non-hydrogen) atoms. The van der Waals surface area contributed by atoms with Crippen LogP contribution in [0.25, 0.3) is 0 Å². The van der Waals surface area contributed by atoms with Gasteiger partial charge in [-0.2, -0.15) is 0 Å². The second-order valence-electron chi connectivity index (χ2n) is 6.94. The van der Waals surface area contributed by atoms with Crippen molar-refractivity contribution in [1.82, 2.24) is 10.2 Å². The first-order chi connectivity index (χ1) is 10.9. The van der Waals surface area contributed by atoms with E-state index in [1.807, 2.05) is 0 Å². The Bertz CT molecular complexity index is 727. The number of hydrogen-bond donors (Lipinski definition) is 2. The number of anilines is 1. The van der Waals surface area contributed by atoms with Crippen LogP contribution in [0.4, 0.5) is 10.1 Å². The van der Waals surface area contributed by atoms with Gasteiger partial charge in [0.15, 0.2) is 0 Å². The standard InChI is InChI=1S/C17H20FN3O2/c1-10-8-11(18)9-12-13(10)19-14(22)17(12)20-16(15(23)21(17)2)6-4-3-5-7-16/h8-9,20H,3-7H2,1-2H3,(H,19,22). The molecule has 4 rings (SSSR count). The van der Waals surface area contributed by atoms with Crippen molar-refractivity contribution in [1.29, 1.82) is 0 Å². The van der Waals surface area contributed by atoms with Gasteiger partial charge in [0, 0.05) is 12.6 Å². The Morgan fingerprint density at radius 2 is 1.87 bits per heavy atom. The number of nitrogens with one attached hydrogen (secondary N) is 2. The van der Waals surface area contributed by atoms with E-state index < -0.39 is 17.0 Å². The Labute approximate surface area is 134 Å². The maximum Gasteiger partial charge on any atom is 0.270 e. The average molecular weight is 317 g/mol. The first-order valence-corrected chi connectivity index (χ1v) is 8.10. The van der Waals surface area contributed by atoms with Crippen molar-refractivity contribution in [3.8, 4) is 0 Å². The molecule has 6 heteroatoms. The highest BCUT2D eigenvalue weighted by atomic mass is 19.1. The number of benzene rings is 1. The van der Waals surface area contributed by atoms with E-state index in [0.29, 0.717) is 16.8 Å². The van der Waals surface area contributed by atoms with Crippen LogP contribution < -0.4 is 10.6 Å². The van der Waals surface area contributed by atoms with Crippen molar-refractivity contribution in [3.05, 3.63) is 29.1 Å². The zero-order valence-corrected chi connectivity index (χ0v) is 13.3. The molecular formula is C17H20FN3O2. The number of fused-ring (bicyclic) bond motifs is 2. The fraction of sp³-hybridized carbons (Fsp3) is 0.529. The van der Waals surface area contributed by atoms with Gasteiger partial charge in [-0.05, 0) is 37.5 Å². The topological polar surface area (TPSA) is 61.4 Å². The monoisotopic (exact) mass is 317 g/mol. The highest BCUT2D eigenvalue weighted by molar-refractivity contribution is 6.10. The third kappa shape index (κ3) is 1.70. The van der Waals surface area contributed by atoms with E-state index in [-0.39, 0.29) is 11.8 Å². The van der Waals surface area contributed by atoms with Gasteiger partial charge >= 0.3 is 0 Å². The smallest absolute Gasteiger partial charge is 0.270 e. The van der Waals surface area contributed by atoms with Crippen LogP contribution in [0.3, 0.4) is 0 Å². The van der Waals surface area contributed by atoms with Gasteiger partial charge in [-0.3, -0.25) is 14.9 Å². The molecule has 122 valence electrons. The van der Waals surface area contributed by atoms with Crippen molar-refractivity contribution in [2.75, 3.05) is 12.4 Å². The average Bonchev–Trinajstić information content (AvgIpc) is 2.91. The highest BCUT2D eigenvalue weighted by Gasteiger charge is 2.64. The van der Waals surface area contributed by atoms with Crippen molar-refractivity contribution in [2.45, 2.75) is 50.2 Å². The number of amides is 2. The number of carbonyl (C=O) groups is 2. The number of halogens is 1. The Morgan fingerprint density at radius 3 is 2.57 bits per heavy atom. The van der Waals surface area contributed by atoms with Crippen molar-refractivity contribution in [2.24, 2.45) is 0 Å². The third-order valence-corrected chi connectivity index (χ3v) is 5.60. The van der Waals surface area contributed by atoms with E-state index in [0.717, 1.165) is 32.1 Å². The SMILES string of the molecule is Cc1cc(F)cc2c1NC(=O)C21NC2(CCCCC2)C(=O)N1C. The predicted molar refractivity (Wildman–Crippen MR) is 83.2 cm³/mol. The summed E-state index contributed by atoms with van der Waals surface area (Å²) in [6, 6.07) is 2.75.